The number of halogens is 1. The van der Waals surface area contributed by atoms with Gasteiger partial charge in [0.25, 0.3) is 0 Å². The Morgan fingerprint density at radius 3 is 2.10 bits per heavy atom. The van der Waals surface area contributed by atoms with Gasteiger partial charge in [0.1, 0.15) is 17.5 Å². The highest BCUT2D eigenvalue weighted by Gasteiger charge is 2.09. The second kappa shape index (κ2) is 6.30. The highest BCUT2D eigenvalue weighted by molar-refractivity contribution is 6.30. The van der Waals surface area contributed by atoms with Crippen molar-refractivity contribution in [1.29, 1.82) is 0 Å². The number of rotatable bonds is 5. The summed E-state index contributed by atoms with van der Waals surface area (Å²) in [5.41, 5.74) is 0.725. The van der Waals surface area contributed by atoms with Gasteiger partial charge in [-0.25, -0.2) is 0 Å². The summed E-state index contributed by atoms with van der Waals surface area (Å²) < 4.78 is 5.64. The maximum absolute atomic E-state index is 10.7. The van der Waals surface area contributed by atoms with E-state index in [9.17, 15) is 4.79 Å². The highest BCUT2D eigenvalue weighted by Crippen LogP contribution is 2.24. The van der Waals surface area contributed by atoms with Crippen molar-refractivity contribution in [1.82, 2.24) is 0 Å². The number of benzene rings is 2. The van der Waals surface area contributed by atoms with Crippen LogP contribution in [-0.4, -0.2) is 17.1 Å². The normalized spacial score (nSPS) is 11.7. The zero-order valence-electron chi connectivity index (χ0n) is 10.8. The van der Waals surface area contributed by atoms with E-state index >= 15 is 0 Å². The second-order valence-electron chi connectivity index (χ2n) is 4.28. The van der Waals surface area contributed by atoms with Gasteiger partial charge in [0.15, 0.2) is 0 Å². The van der Waals surface area contributed by atoms with Crippen molar-refractivity contribution in [2.75, 3.05) is 5.32 Å². The molecule has 0 saturated carbocycles. The number of anilines is 1. The number of hydrogen-bond acceptors (Lipinski definition) is 3. The van der Waals surface area contributed by atoms with Crippen LogP contribution in [0.25, 0.3) is 0 Å². The topological polar surface area (TPSA) is 58.6 Å². The maximum Gasteiger partial charge on any atom is 0.325 e. The minimum atomic E-state index is -0.897. The number of carboxylic acids is 1. The van der Waals surface area contributed by atoms with E-state index < -0.39 is 12.0 Å². The first kappa shape index (κ1) is 14.2. The quantitative estimate of drug-likeness (QED) is 0.873. The van der Waals surface area contributed by atoms with E-state index in [1.165, 1.54) is 0 Å². The molecule has 0 aliphatic heterocycles. The Bertz CT molecular complexity index is 581. The molecular formula is C15H14ClNO3. The molecule has 0 aliphatic carbocycles. The average Bonchev–Trinajstić information content (AvgIpc) is 2.43. The summed E-state index contributed by atoms with van der Waals surface area (Å²) in [6.07, 6.45) is 0. The van der Waals surface area contributed by atoms with Crippen molar-refractivity contribution >= 4 is 23.3 Å². The molecule has 0 unspecified atom stereocenters. The van der Waals surface area contributed by atoms with Crippen LogP contribution in [0.4, 0.5) is 5.69 Å². The summed E-state index contributed by atoms with van der Waals surface area (Å²) >= 11 is 5.80. The van der Waals surface area contributed by atoms with Crippen molar-refractivity contribution in [2.24, 2.45) is 0 Å². The van der Waals surface area contributed by atoms with Gasteiger partial charge in [-0.15, -0.1) is 0 Å². The number of carbonyl (C=O) groups is 1. The second-order valence-corrected chi connectivity index (χ2v) is 4.72. The highest BCUT2D eigenvalue weighted by atomic mass is 35.5. The molecule has 2 N–H and O–H groups in total. The molecule has 4 nitrogen and oxygen atoms in total. The molecule has 1 atom stereocenters. The molecule has 2 rings (SSSR count). The molecule has 0 aromatic heterocycles. The fourth-order valence-corrected chi connectivity index (χ4v) is 1.70. The van der Waals surface area contributed by atoms with Crippen LogP contribution in [0.1, 0.15) is 6.92 Å². The summed E-state index contributed by atoms with van der Waals surface area (Å²) in [6, 6.07) is 13.5. The van der Waals surface area contributed by atoms with Gasteiger partial charge in [0, 0.05) is 10.7 Å². The Labute approximate surface area is 122 Å². The lowest BCUT2D eigenvalue weighted by Crippen LogP contribution is -2.25. The molecule has 0 radical (unpaired) electrons. The van der Waals surface area contributed by atoms with E-state index in [4.69, 9.17) is 21.4 Å². The first-order valence-corrected chi connectivity index (χ1v) is 6.45. The lowest BCUT2D eigenvalue weighted by atomic mass is 10.2. The smallest absolute Gasteiger partial charge is 0.325 e. The first-order chi connectivity index (χ1) is 9.54. The molecule has 5 heteroatoms. The van der Waals surface area contributed by atoms with Crippen molar-refractivity contribution in [3.05, 3.63) is 53.6 Å². The third-order valence-corrected chi connectivity index (χ3v) is 2.91. The fraction of sp³-hybridized carbons (Fsp3) is 0.133. The molecule has 0 bridgehead atoms. The number of hydrogen-bond donors (Lipinski definition) is 2. The summed E-state index contributed by atoms with van der Waals surface area (Å²) in [4.78, 5) is 10.7. The van der Waals surface area contributed by atoms with Crippen molar-refractivity contribution in [3.8, 4) is 11.5 Å². The van der Waals surface area contributed by atoms with E-state index in [0.717, 1.165) is 5.69 Å². The lowest BCUT2D eigenvalue weighted by Gasteiger charge is -2.11. The Morgan fingerprint density at radius 2 is 1.60 bits per heavy atom. The van der Waals surface area contributed by atoms with E-state index in [1.807, 2.05) is 0 Å². The predicted octanol–water partition coefficient (Wildman–Crippen LogP) is 4.02. The Kier molecular flexibility index (Phi) is 4.48. The fourth-order valence-electron chi connectivity index (χ4n) is 1.57. The maximum atomic E-state index is 10.7. The standard InChI is InChI=1S/C15H14ClNO3/c1-10(15(18)19)17-12-4-8-14(9-5-12)20-13-6-2-11(16)3-7-13/h2-10,17H,1H3,(H,18,19)/t10-/m0/s1. The molecule has 0 fully saturated rings. The molecule has 20 heavy (non-hydrogen) atoms. The lowest BCUT2D eigenvalue weighted by molar-refractivity contribution is -0.137. The molecule has 0 saturated heterocycles. The average molecular weight is 292 g/mol. The van der Waals surface area contributed by atoms with Crippen LogP contribution in [0.5, 0.6) is 11.5 Å². The number of ether oxygens (including phenoxy) is 1. The zero-order valence-corrected chi connectivity index (χ0v) is 11.6. The predicted molar refractivity (Wildman–Crippen MR) is 78.7 cm³/mol. The largest absolute Gasteiger partial charge is 0.480 e. The van der Waals surface area contributed by atoms with E-state index in [0.29, 0.717) is 16.5 Å². The van der Waals surface area contributed by atoms with Gasteiger partial charge >= 0.3 is 5.97 Å². The van der Waals surface area contributed by atoms with Gasteiger partial charge < -0.3 is 15.2 Å². The molecule has 0 spiro atoms. The van der Waals surface area contributed by atoms with Gasteiger partial charge in [-0.1, -0.05) is 11.6 Å². The van der Waals surface area contributed by atoms with Crippen LogP contribution >= 0.6 is 11.6 Å². The SMILES string of the molecule is C[C@H](Nc1ccc(Oc2ccc(Cl)cc2)cc1)C(=O)O. The van der Waals surface area contributed by atoms with Crippen LogP contribution in [0.2, 0.25) is 5.02 Å². The summed E-state index contributed by atoms with van der Waals surface area (Å²) in [6.45, 7) is 1.58. The van der Waals surface area contributed by atoms with Gasteiger partial charge in [-0.3, -0.25) is 4.79 Å². The van der Waals surface area contributed by atoms with Gasteiger partial charge in [-0.05, 0) is 55.5 Å². The summed E-state index contributed by atoms with van der Waals surface area (Å²) in [5.74, 6) is 0.460. The summed E-state index contributed by atoms with van der Waals surface area (Å²) in [7, 11) is 0. The van der Waals surface area contributed by atoms with E-state index in [1.54, 1.807) is 55.5 Å². The van der Waals surface area contributed by atoms with Crippen LogP contribution in [0.3, 0.4) is 0 Å². The van der Waals surface area contributed by atoms with Crippen molar-refractivity contribution in [3.63, 3.8) is 0 Å². The Morgan fingerprint density at radius 1 is 1.10 bits per heavy atom. The molecule has 0 amide bonds. The Hall–Kier alpha value is -2.20. The Balaban J connectivity index is 2.01. The van der Waals surface area contributed by atoms with Crippen molar-refractivity contribution < 1.29 is 14.6 Å². The van der Waals surface area contributed by atoms with Crippen molar-refractivity contribution in [2.45, 2.75) is 13.0 Å². The minimum absolute atomic E-state index is 0.641. The number of nitrogens with one attached hydrogen (secondary N) is 1. The molecule has 2 aromatic rings. The third kappa shape index (κ3) is 3.90. The van der Waals surface area contributed by atoms with Crippen LogP contribution in [0.15, 0.2) is 48.5 Å². The molecular weight excluding hydrogens is 278 g/mol. The van der Waals surface area contributed by atoms with E-state index in [-0.39, 0.29) is 0 Å². The molecule has 0 aliphatic rings. The van der Waals surface area contributed by atoms with Crippen LogP contribution in [0, 0.1) is 0 Å². The zero-order chi connectivity index (χ0) is 14.5. The third-order valence-electron chi connectivity index (χ3n) is 2.66. The number of aliphatic carboxylic acids is 1. The summed E-state index contributed by atoms with van der Waals surface area (Å²) in [5, 5.41) is 12.3. The first-order valence-electron chi connectivity index (χ1n) is 6.07. The van der Waals surface area contributed by atoms with Gasteiger partial charge in [0.05, 0.1) is 0 Å². The molecule has 0 heterocycles. The van der Waals surface area contributed by atoms with E-state index in [2.05, 4.69) is 5.32 Å². The monoisotopic (exact) mass is 291 g/mol. The van der Waals surface area contributed by atoms with Gasteiger partial charge in [0.2, 0.25) is 0 Å². The van der Waals surface area contributed by atoms with Crippen LogP contribution < -0.4 is 10.1 Å². The number of carboxylic acid groups (broad SMARTS) is 1. The molecule has 104 valence electrons. The van der Waals surface area contributed by atoms with Crippen LogP contribution in [-0.2, 0) is 4.79 Å². The van der Waals surface area contributed by atoms with Gasteiger partial charge in [-0.2, -0.15) is 0 Å². The molecule has 2 aromatic carbocycles. The minimum Gasteiger partial charge on any atom is -0.480 e.